The Bertz CT molecular complexity index is 821. The summed E-state index contributed by atoms with van der Waals surface area (Å²) in [5.74, 6) is 0.352. The lowest BCUT2D eigenvalue weighted by Gasteiger charge is -2.11. The first-order valence-electron chi connectivity index (χ1n) is 6.45. The summed E-state index contributed by atoms with van der Waals surface area (Å²) in [7, 11) is -2.12. The van der Waals surface area contributed by atoms with Crippen molar-refractivity contribution in [2.24, 2.45) is 0 Å². The minimum Gasteiger partial charge on any atom is -0.504 e. The number of hydrogen-bond donors (Lipinski definition) is 1. The Hall–Kier alpha value is -2.27. The predicted octanol–water partition coefficient (Wildman–Crippen LogP) is 2.77. The number of allylic oxidation sites excluding steroid dienone is 1. The molecule has 1 aliphatic rings. The lowest BCUT2D eigenvalue weighted by atomic mass is 10.1. The number of sulfone groups is 1. The van der Waals surface area contributed by atoms with Crippen molar-refractivity contribution in [1.29, 1.82) is 0 Å². The van der Waals surface area contributed by atoms with Gasteiger partial charge in [0.25, 0.3) is 0 Å². The second-order valence-electron chi connectivity index (χ2n) is 4.73. The minimum absolute atomic E-state index is 0.00418. The van der Waals surface area contributed by atoms with Crippen molar-refractivity contribution < 1.29 is 18.3 Å². The van der Waals surface area contributed by atoms with Gasteiger partial charge in [-0.15, -0.1) is 0 Å². The summed E-state index contributed by atoms with van der Waals surface area (Å²) < 4.78 is 30.4. The molecule has 0 spiro atoms. The van der Waals surface area contributed by atoms with E-state index in [4.69, 9.17) is 4.74 Å². The molecule has 0 atom stereocenters. The molecule has 0 heterocycles. The predicted molar refractivity (Wildman–Crippen MR) is 80.0 cm³/mol. The highest BCUT2D eigenvalue weighted by Gasteiger charge is 2.29. The van der Waals surface area contributed by atoms with Gasteiger partial charge in [0.1, 0.15) is 0 Å². The van der Waals surface area contributed by atoms with Crippen molar-refractivity contribution >= 4 is 14.7 Å². The van der Waals surface area contributed by atoms with E-state index in [1.807, 2.05) is 0 Å². The maximum absolute atomic E-state index is 12.7. The van der Waals surface area contributed by atoms with Crippen LogP contribution >= 0.6 is 0 Å². The quantitative estimate of drug-likeness (QED) is 0.947. The summed E-state index contributed by atoms with van der Waals surface area (Å²) in [6, 6.07) is 11.5. The molecule has 3 rings (SSSR count). The summed E-state index contributed by atoms with van der Waals surface area (Å²) in [6.07, 6.45) is 2.01. The Morgan fingerprint density at radius 3 is 2.48 bits per heavy atom. The van der Waals surface area contributed by atoms with Crippen LogP contribution in [0.2, 0.25) is 0 Å². The molecule has 21 heavy (non-hydrogen) atoms. The molecule has 2 aromatic rings. The number of phenolic OH excluding ortho intramolecular Hbond substituents is 1. The Morgan fingerprint density at radius 2 is 1.81 bits per heavy atom. The topological polar surface area (TPSA) is 63.6 Å². The van der Waals surface area contributed by atoms with Gasteiger partial charge in [-0.1, -0.05) is 24.3 Å². The van der Waals surface area contributed by atoms with Gasteiger partial charge in [0, 0.05) is 11.1 Å². The van der Waals surface area contributed by atoms with Gasteiger partial charge >= 0.3 is 0 Å². The van der Waals surface area contributed by atoms with E-state index in [2.05, 4.69) is 0 Å². The highest BCUT2D eigenvalue weighted by molar-refractivity contribution is 8.00. The first-order valence-corrected chi connectivity index (χ1v) is 7.93. The highest BCUT2D eigenvalue weighted by Crippen LogP contribution is 2.42. The molecule has 0 amide bonds. The number of methoxy groups -OCH3 is 1. The number of ether oxygens (including phenoxy) is 1. The largest absolute Gasteiger partial charge is 0.504 e. The van der Waals surface area contributed by atoms with E-state index in [9.17, 15) is 13.5 Å². The van der Waals surface area contributed by atoms with E-state index in [0.717, 1.165) is 0 Å². The molecule has 1 aliphatic carbocycles. The van der Waals surface area contributed by atoms with Crippen LogP contribution in [0.25, 0.3) is 4.91 Å². The molecule has 0 aromatic heterocycles. The van der Waals surface area contributed by atoms with E-state index in [1.165, 1.54) is 7.11 Å². The maximum Gasteiger partial charge on any atom is 0.206 e. The minimum atomic E-state index is -3.58. The third-order valence-corrected chi connectivity index (χ3v) is 5.42. The fourth-order valence-corrected chi connectivity index (χ4v) is 4.06. The van der Waals surface area contributed by atoms with Crippen LogP contribution in [0.5, 0.6) is 11.5 Å². The number of fused-ring (bicyclic) bond motifs is 1. The van der Waals surface area contributed by atoms with E-state index in [1.54, 1.807) is 48.5 Å². The summed E-state index contributed by atoms with van der Waals surface area (Å²) >= 11 is 0. The van der Waals surface area contributed by atoms with Crippen molar-refractivity contribution in [3.05, 3.63) is 59.7 Å². The highest BCUT2D eigenvalue weighted by atomic mass is 32.2. The van der Waals surface area contributed by atoms with Gasteiger partial charge < -0.3 is 9.84 Å². The van der Waals surface area contributed by atoms with Crippen LogP contribution in [0, 0.1) is 0 Å². The zero-order valence-electron chi connectivity index (χ0n) is 11.4. The van der Waals surface area contributed by atoms with Crippen molar-refractivity contribution in [2.75, 3.05) is 7.11 Å². The van der Waals surface area contributed by atoms with E-state index in [0.29, 0.717) is 23.3 Å². The standard InChI is InChI=1S/C16H14O4S/c1-20-14-9-7-12-13(16(14)17)8-10-15(12)21(18,19)11-5-3-2-4-6-11/h2-7,9-10,17H,8H2,1H3. The normalized spacial score (nSPS) is 13.7. The zero-order chi connectivity index (χ0) is 15.0. The average molecular weight is 302 g/mol. The van der Waals surface area contributed by atoms with Gasteiger partial charge in [0.2, 0.25) is 9.84 Å². The number of aromatic hydroxyl groups is 1. The molecule has 4 nitrogen and oxygen atoms in total. The monoisotopic (exact) mass is 302 g/mol. The zero-order valence-corrected chi connectivity index (χ0v) is 12.2. The fourth-order valence-electron chi connectivity index (χ4n) is 2.50. The van der Waals surface area contributed by atoms with Crippen LogP contribution in [0.15, 0.2) is 53.4 Å². The van der Waals surface area contributed by atoms with Gasteiger partial charge in [-0.3, -0.25) is 0 Å². The van der Waals surface area contributed by atoms with Gasteiger partial charge in [-0.2, -0.15) is 0 Å². The molecule has 0 saturated heterocycles. The van der Waals surface area contributed by atoms with Crippen LogP contribution in [0.4, 0.5) is 0 Å². The molecule has 0 aliphatic heterocycles. The van der Waals surface area contributed by atoms with Crippen molar-refractivity contribution in [1.82, 2.24) is 0 Å². The molecule has 0 saturated carbocycles. The molecule has 0 bridgehead atoms. The van der Waals surface area contributed by atoms with Crippen LogP contribution in [0.1, 0.15) is 11.1 Å². The molecule has 1 N–H and O–H groups in total. The summed E-state index contributed by atoms with van der Waals surface area (Å²) in [5.41, 5.74) is 1.13. The summed E-state index contributed by atoms with van der Waals surface area (Å²) in [4.78, 5) is 0.487. The molecule has 0 radical (unpaired) electrons. The first-order chi connectivity index (χ1) is 10.1. The Morgan fingerprint density at radius 1 is 1.10 bits per heavy atom. The van der Waals surface area contributed by atoms with Crippen LogP contribution in [-0.2, 0) is 16.3 Å². The summed E-state index contributed by atoms with van der Waals surface area (Å²) in [6.45, 7) is 0. The molecule has 0 unspecified atom stereocenters. The van der Waals surface area contributed by atoms with Crippen molar-refractivity contribution in [3.63, 3.8) is 0 Å². The second kappa shape index (κ2) is 4.93. The number of hydrogen-bond acceptors (Lipinski definition) is 4. The molecular weight excluding hydrogens is 288 g/mol. The lowest BCUT2D eigenvalue weighted by molar-refractivity contribution is 0.371. The third-order valence-electron chi connectivity index (χ3n) is 3.57. The first kappa shape index (κ1) is 13.7. The second-order valence-corrected chi connectivity index (χ2v) is 6.65. The smallest absolute Gasteiger partial charge is 0.206 e. The number of benzene rings is 2. The Kier molecular flexibility index (Phi) is 3.22. The molecular formula is C16H14O4S. The van der Waals surface area contributed by atoms with Crippen LogP contribution < -0.4 is 4.74 Å². The van der Waals surface area contributed by atoms with Crippen molar-refractivity contribution in [2.45, 2.75) is 11.3 Å². The van der Waals surface area contributed by atoms with Crippen molar-refractivity contribution in [3.8, 4) is 11.5 Å². The SMILES string of the molecule is COc1ccc2c(c1O)CC=C2S(=O)(=O)c1ccccc1. The molecule has 2 aromatic carbocycles. The molecule has 5 heteroatoms. The van der Waals surface area contributed by atoms with Gasteiger partial charge in [0.15, 0.2) is 11.5 Å². The Balaban J connectivity index is 2.12. The summed E-state index contributed by atoms with van der Waals surface area (Å²) in [5, 5.41) is 10.1. The molecule has 0 fully saturated rings. The van der Waals surface area contributed by atoms with Crippen LogP contribution in [-0.4, -0.2) is 20.6 Å². The lowest BCUT2D eigenvalue weighted by Crippen LogP contribution is -2.03. The Labute approximate surface area is 123 Å². The van der Waals surface area contributed by atoms with E-state index >= 15 is 0 Å². The average Bonchev–Trinajstić information content (AvgIpc) is 2.94. The third kappa shape index (κ3) is 2.10. The number of rotatable bonds is 3. The van der Waals surface area contributed by atoms with E-state index in [-0.39, 0.29) is 15.6 Å². The van der Waals surface area contributed by atoms with Gasteiger partial charge in [-0.25, -0.2) is 8.42 Å². The van der Waals surface area contributed by atoms with Crippen LogP contribution in [0.3, 0.4) is 0 Å². The van der Waals surface area contributed by atoms with Gasteiger partial charge in [-0.05, 0) is 30.7 Å². The van der Waals surface area contributed by atoms with Gasteiger partial charge in [0.05, 0.1) is 16.9 Å². The molecule has 108 valence electrons. The maximum atomic E-state index is 12.7. The van der Waals surface area contributed by atoms with E-state index < -0.39 is 9.84 Å². The number of phenols is 1. The fraction of sp³-hybridized carbons (Fsp3) is 0.125.